The first-order chi connectivity index (χ1) is 20.2. The first-order valence-electron chi connectivity index (χ1n) is 12.9. The van der Waals surface area contributed by atoms with Gasteiger partial charge in [-0.25, -0.2) is 0 Å². The van der Waals surface area contributed by atoms with Crippen molar-refractivity contribution in [3.8, 4) is 11.5 Å². The van der Waals surface area contributed by atoms with Gasteiger partial charge in [0.15, 0.2) is 0 Å². The van der Waals surface area contributed by atoms with Crippen LogP contribution in [0.15, 0.2) is 58.3 Å². The number of nitrogens with one attached hydrogen (secondary N) is 2. The number of benzene rings is 2. The molecule has 0 atom stereocenters. The maximum absolute atomic E-state index is 13.2. The van der Waals surface area contributed by atoms with Crippen LogP contribution >= 0.6 is 48.0 Å². The number of anilines is 2. The van der Waals surface area contributed by atoms with E-state index < -0.39 is 0 Å². The van der Waals surface area contributed by atoms with E-state index in [4.69, 9.17) is 33.9 Å². The summed E-state index contributed by atoms with van der Waals surface area (Å²) in [4.78, 5) is 54.4. The minimum absolute atomic E-state index is 0.178. The molecule has 0 spiro atoms. The summed E-state index contributed by atoms with van der Waals surface area (Å²) in [6.45, 7) is 0.477. The van der Waals surface area contributed by atoms with E-state index in [0.29, 0.717) is 44.4 Å². The van der Waals surface area contributed by atoms with Crippen molar-refractivity contribution in [3.63, 3.8) is 0 Å². The molecule has 4 amide bonds. The average molecular weight is 645 g/mol. The van der Waals surface area contributed by atoms with Crippen molar-refractivity contribution >= 4 is 91.6 Å². The summed E-state index contributed by atoms with van der Waals surface area (Å²) < 4.78 is 11.0. The standard InChI is InChI=1S/C28H28N4O6S4/c1-37-19-9-3-7-17(15-19)29-21(33)11-5-13-31-25(35)23(41-27(31)39)24-26(36)32(28(40)42-24)14-6-12-22(34)30-18-8-4-10-20(16-18)38-2/h3-4,7-10,15-16H,5-6,11-14H2,1-2H3,(H,29,33)(H,30,34)/b24-23+. The Hall–Kier alpha value is -3.46. The van der Waals surface area contributed by atoms with E-state index in [1.54, 1.807) is 62.8 Å². The van der Waals surface area contributed by atoms with Crippen LogP contribution in [0.25, 0.3) is 0 Å². The van der Waals surface area contributed by atoms with E-state index in [-0.39, 0.29) is 59.4 Å². The Bertz CT molecular complexity index is 1360. The van der Waals surface area contributed by atoms with Crippen LogP contribution in [0.4, 0.5) is 11.4 Å². The van der Waals surface area contributed by atoms with Crippen molar-refractivity contribution < 1.29 is 28.7 Å². The van der Waals surface area contributed by atoms with Crippen LogP contribution in [0.3, 0.4) is 0 Å². The summed E-state index contributed by atoms with van der Waals surface area (Å²) in [6.07, 6.45) is 1.12. The summed E-state index contributed by atoms with van der Waals surface area (Å²) in [5, 5.41) is 5.61. The zero-order chi connectivity index (χ0) is 30.2. The van der Waals surface area contributed by atoms with Crippen molar-refractivity contribution in [3.05, 3.63) is 58.3 Å². The Morgan fingerprint density at radius 2 is 1.14 bits per heavy atom. The fourth-order valence-corrected chi connectivity index (χ4v) is 6.87. The number of amides is 4. The number of hydrogen-bond donors (Lipinski definition) is 2. The topological polar surface area (TPSA) is 117 Å². The summed E-state index contributed by atoms with van der Waals surface area (Å²) in [6, 6.07) is 14.1. The van der Waals surface area contributed by atoms with E-state index >= 15 is 0 Å². The van der Waals surface area contributed by atoms with Crippen molar-refractivity contribution in [1.82, 2.24) is 9.80 Å². The lowest BCUT2D eigenvalue weighted by atomic mass is 10.2. The highest BCUT2D eigenvalue weighted by molar-refractivity contribution is 8.29. The molecule has 4 rings (SSSR count). The molecule has 2 fully saturated rings. The molecule has 2 aromatic carbocycles. The molecule has 14 heteroatoms. The van der Waals surface area contributed by atoms with Gasteiger partial charge < -0.3 is 20.1 Å². The smallest absolute Gasteiger partial charge is 0.267 e. The maximum Gasteiger partial charge on any atom is 0.267 e. The van der Waals surface area contributed by atoms with E-state index in [9.17, 15) is 19.2 Å². The Morgan fingerprint density at radius 1 is 0.738 bits per heavy atom. The van der Waals surface area contributed by atoms with Gasteiger partial charge in [-0.15, -0.1) is 0 Å². The molecule has 220 valence electrons. The lowest BCUT2D eigenvalue weighted by molar-refractivity contribution is -0.124. The predicted molar refractivity (Wildman–Crippen MR) is 173 cm³/mol. The summed E-state index contributed by atoms with van der Waals surface area (Å²) >= 11 is 12.9. The van der Waals surface area contributed by atoms with Gasteiger partial charge in [0.05, 0.1) is 24.0 Å². The number of carbonyl (C=O) groups excluding carboxylic acids is 4. The average Bonchev–Trinajstić information content (AvgIpc) is 3.41. The Labute approximate surface area is 262 Å². The lowest BCUT2D eigenvalue weighted by Gasteiger charge is -2.15. The number of methoxy groups -OCH3 is 2. The zero-order valence-corrected chi connectivity index (χ0v) is 26.1. The van der Waals surface area contributed by atoms with E-state index in [1.807, 2.05) is 0 Å². The third-order valence-corrected chi connectivity index (χ3v) is 9.21. The molecule has 2 heterocycles. The van der Waals surface area contributed by atoms with Gasteiger partial charge in [0.2, 0.25) is 11.8 Å². The normalized spacial score (nSPS) is 16.7. The fourth-order valence-electron chi connectivity index (χ4n) is 4.10. The molecule has 0 aromatic heterocycles. The highest BCUT2D eigenvalue weighted by atomic mass is 32.2. The Kier molecular flexibility index (Phi) is 11.0. The fraction of sp³-hybridized carbons (Fsp3) is 0.286. The molecular weight excluding hydrogens is 617 g/mol. The molecule has 2 saturated heterocycles. The highest BCUT2D eigenvalue weighted by Gasteiger charge is 2.41. The van der Waals surface area contributed by atoms with Crippen molar-refractivity contribution in [1.29, 1.82) is 0 Å². The van der Waals surface area contributed by atoms with Crippen LogP contribution in [0, 0.1) is 0 Å². The quantitative estimate of drug-likeness (QED) is 0.247. The molecule has 42 heavy (non-hydrogen) atoms. The zero-order valence-electron chi connectivity index (χ0n) is 22.8. The third kappa shape index (κ3) is 7.88. The van der Waals surface area contributed by atoms with Crippen LogP contribution in [-0.2, 0) is 19.2 Å². The molecule has 0 unspecified atom stereocenters. The molecule has 0 bridgehead atoms. The third-order valence-electron chi connectivity index (χ3n) is 6.18. The Morgan fingerprint density at radius 3 is 1.52 bits per heavy atom. The van der Waals surface area contributed by atoms with Gasteiger partial charge >= 0.3 is 0 Å². The molecular formula is C28H28N4O6S4. The lowest BCUT2D eigenvalue weighted by Crippen LogP contribution is -2.31. The van der Waals surface area contributed by atoms with E-state index in [1.165, 1.54) is 9.80 Å². The minimum atomic E-state index is -0.378. The molecule has 0 aliphatic carbocycles. The van der Waals surface area contributed by atoms with Gasteiger partial charge in [-0.3, -0.25) is 29.0 Å². The van der Waals surface area contributed by atoms with E-state index in [2.05, 4.69) is 10.6 Å². The minimum Gasteiger partial charge on any atom is -0.497 e. The highest BCUT2D eigenvalue weighted by Crippen LogP contribution is 2.42. The van der Waals surface area contributed by atoms with Gasteiger partial charge in [0, 0.05) is 49.4 Å². The predicted octanol–water partition coefficient (Wildman–Crippen LogP) is 4.77. The second-order valence-electron chi connectivity index (χ2n) is 9.08. The van der Waals surface area contributed by atoms with Gasteiger partial charge in [0.1, 0.15) is 20.1 Å². The van der Waals surface area contributed by atoms with Crippen LogP contribution in [0.2, 0.25) is 0 Å². The van der Waals surface area contributed by atoms with E-state index in [0.717, 1.165) is 23.5 Å². The van der Waals surface area contributed by atoms with Crippen molar-refractivity contribution in [2.45, 2.75) is 25.7 Å². The number of rotatable bonds is 12. The molecule has 2 aliphatic heterocycles. The summed E-state index contributed by atoms with van der Waals surface area (Å²) in [7, 11) is 3.10. The SMILES string of the molecule is COc1cccc(NC(=O)CCCN2C(=O)/C(=C3\SC(=S)N(CCCC(=O)Nc4cccc(OC)c4)C3=O)SC2=S)c1. The van der Waals surface area contributed by atoms with Crippen LogP contribution in [0.5, 0.6) is 11.5 Å². The second-order valence-corrected chi connectivity index (χ2v) is 12.4. The van der Waals surface area contributed by atoms with Crippen molar-refractivity contribution in [2.24, 2.45) is 0 Å². The largest absolute Gasteiger partial charge is 0.497 e. The molecule has 2 N–H and O–H groups in total. The summed E-state index contributed by atoms with van der Waals surface area (Å²) in [5.41, 5.74) is 1.23. The first-order valence-corrected chi connectivity index (χ1v) is 15.3. The van der Waals surface area contributed by atoms with Crippen LogP contribution in [0.1, 0.15) is 25.7 Å². The van der Waals surface area contributed by atoms with Crippen molar-refractivity contribution in [2.75, 3.05) is 37.9 Å². The van der Waals surface area contributed by atoms with Crippen LogP contribution in [-0.4, -0.2) is 69.4 Å². The van der Waals surface area contributed by atoms with Gasteiger partial charge in [0.25, 0.3) is 11.8 Å². The number of ether oxygens (including phenoxy) is 2. The number of carbonyl (C=O) groups is 4. The summed E-state index contributed by atoms with van der Waals surface area (Å²) in [5.74, 6) is 0.0997. The number of hydrogen-bond acceptors (Lipinski definition) is 10. The monoisotopic (exact) mass is 644 g/mol. The number of thiocarbonyl (C=S) groups is 2. The molecule has 0 radical (unpaired) electrons. The Balaban J connectivity index is 1.27. The molecule has 10 nitrogen and oxygen atoms in total. The molecule has 2 aliphatic rings. The van der Waals surface area contributed by atoms with Gasteiger partial charge in [-0.2, -0.15) is 0 Å². The molecule has 2 aromatic rings. The molecule has 0 saturated carbocycles. The first kappa shape index (κ1) is 31.5. The van der Waals surface area contributed by atoms with Gasteiger partial charge in [-0.05, 0) is 37.1 Å². The van der Waals surface area contributed by atoms with Crippen LogP contribution < -0.4 is 20.1 Å². The number of nitrogens with zero attached hydrogens (tertiary/aromatic N) is 2. The number of thioether (sulfide) groups is 2. The second kappa shape index (κ2) is 14.6. The van der Waals surface area contributed by atoms with Gasteiger partial charge in [-0.1, -0.05) is 60.1 Å². The maximum atomic E-state index is 13.2.